The van der Waals surface area contributed by atoms with E-state index in [1.807, 2.05) is 0 Å². The summed E-state index contributed by atoms with van der Waals surface area (Å²) in [4.78, 5) is 14.4. The van der Waals surface area contributed by atoms with Gasteiger partial charge in [-0.1, -0.05) is 17.7 Å². The number of aromatic nitrogens is 1. The van der Waals surface area contributed by atoms with E-state index in [4.69, 9.17) is 11.6 Å². The predicted octanol–water partition coefficient (Wildman–Crippen LogP) is 5.36. The Morgan fingerprint density at radius 3 is 2.58 bits per heavy atom. The van der Waals surface area contributed by atoms with Gasteiger partial charge in [0.25, 0.3) is 0 Å². The van der Waals surface area contributed by atoms with Crippen LogP contribution in [0.25, 0.3) is 10.9 Å². The van der Waals surface area contributed by atoms with Gasteiger partial charge >= 0.3 is 12.1 Å². The molecule has 1 heterocycles. The summed E-state index contributed by atoms with van der Waals surface area (Å²) < 4.78 is 58.1. The number of esters is 1. The van der Waals surface area contributed by atoms with Crippen LogP contribution < -0.4 is 0 Å². The monoisotopic (exact) mass is 385 g/mol. The van der Waals surface area contributed by atoms with Crippen LogP contribution in [0, 0.1) is 5.82 Å². The molecule has 136 valence electrons. The molecule has 3 nitrogen and oxygen atoms in total. The van der Waals surface area contributed by atoms with E-state index >= 15 is 0 Å². The first kappa shape index (κ1) is 18.3. The Bertz CT molecular complexity index is 995. The topological polar surface area (TPSA) is 42.1 Å². The molecule has 0 aliphatic carbocycles. The molecule has 0 radical (unpaired) electrons. The Hall–Kier alpha value is -2.54. The summed E-state index contributed by atoms with van der Waals surface area (Å²) in [5, 5.41) is 0.479. The van der Waals surface area contributed by atoms with E-state index < -0.39 is 23.5 Å². The van der Waals surface area contributed by atoms with Gasteiger partial charge in [0.15, 0.2) is 0 Å². The van der Waals surface area contributed by atoms with Crippen LogP contribution in [0.1, 0.15) is 27.2 Å². The quantitative estimate of drug-likeness (QED) is 0.487. The zero-order chi connectivity index (χ0) is 19.1. The fourth-order valence-electron chi connectivity index (χ4n) is 2.75. The minimum atomic E-state index is -4.55. The molecule has 0 atom stereocenters. The molecule has 0 aliphatic heterocycles. The van der Waals surface area contributed by atoms with Gasteiger partial charge in [-0.05, 0) is 35.9 Å². The molecule has 1 aromatic heterocycles. The molecule has 0 bridgehead atoms. The summed E-state index contributed by atoms with van der Waals surface area (Å²) in [5.41, 5.74) is -0.234. The lowest BCUT2D eigenvalue weighted by Gasteiger charge is -2.12. The highest BCUT2D eigenvalue weighted by Gasteiger charge is 2.33. The summed E-state index contributed by atoms with van der Waals surface area (Å²) in [6, 6.07) is 7.52. The molecular weight excluding hydrogens is 374 g/mol. The normalized spacial score (nSPS) is 11.8. The van der Waals surface area contributed by atoms with Gasteiger partial charge in [0.05, 0.1) is 18.2 Å². The molecule has 0 fully saturated rings. The fourth-order valence-corrected chi connectivity index (χ4v) is 2.92. The summed E-state index contributed by atoms with van der Waals surface area (Å²) in [6.45, 7) is 0. The van der Waals surface area contributed by atoms with Crippen LogP contribution in [0.5, 0.6) is 0 Å². The van der Waals surface area contributed by atoms with Crippen molar-refractivity contribution in [2.75, 3.05) is 7.11 Å². The molecule has 2 aromatic carbocycles. The highest BCUT2D eigenvalue weighted by atomic mass is 35.5. The number of ether oxygens (including phenoxy) is 1. The van der Waals surface area contributed by atoms with Crippen LogP contribution >= 0.6 is 11.6 Å². The van der Waals surface area contributed by atoms with E-state index in [2.05, 4.69) is 9.72 Å². The lowest BCUT2D eigenvalue weighted by molar-refractivity contribution is -0.138. The van der Waals surface area contributed by atoms with Crippen molar-refractivity contribution >= 4 is 28.5 Å². The molecule has 26 heavy (non-hydrogen) atoms. The average molecular weight is 386 g/mol. The van der Waals surface area contributed by atoms with E-state index in [9.17, 15) is 22.4 Å². The third-order valence-electron chi connectivity index (χ3n) is 3.93. The van der Waals surface area contributed by atoms with Gasteiger partial charge in [-0.3, -0.25) is 0 Å². The smallest absolute Gasteiger partial charge is 0.416 e. The van der Waals surface area contributed by atoms with Gasteiger partial charge in [-0.25, -0.2) is 9.18 Å². The zero-order valence-corrected chi connectivity index (χ0v) is 14.1. The Labute approximate surface area is 150 Å². The number of aromatic amines is 1. The second-order valence-corrected chi connectivity index (χ2v) is 6.12. The first-order chi connectivity index (χ1) is 12.2. The summed E-state index contributed by atoms with van der Waals surface area (Å²) in [6.07, 6.45) is -4.60. The number of hydrogen-bond donors (Lipinski definition) is 1. The van der Waals surface area contributed by atoms with E-state index in [0.29, 0.717) is 16.6 Å². The lowest BCUT2D eigenvalue weighted by atomic mass is 10.0. The second-order valence-electron chi connectivity index (χ2n) is 5.68. The molecule has 0 saturated heterocycles. The molecule has 0 saturated carbocycles. The van der Waals surface area contributed by atoms with Gasteiger partial charge in [-0.15, -0.1) is 0 Å². The van der Waals surface area contributed by atoms with Crippen molar-refractivity contribution in [2.45, 2.75) is 12.6 Å². The summed E-state index contributed by atoms with van der Waals surface area (Å²) in [5.74, 6) is -1.61. The van der Waals surface area contributed by atoms with Crippen molar-refractivity contribution in [1.29, 1.82) is 0 Å². The average Bonchev–Trinajstić information content (AvgIpc) is 2.95. The van der Waals surface area contributed by atoms with Crippen LogP contribution in [0.3, 0.4) is 0 Å². The third kappa shape index (κ3) is 3.53. The van der Waals surface area contributed by atoms with Gasteiger partial charge in [0.1, 0.15) is 5.82 Å². The SMILES string of the molecule is COC(=O)c1cc2cc(Cc3ccc(Cl)cc3C(F)(F)F)[nH]c2cc1F. The standard InChI is InChI=1S/C18H12ClF4NO2/c1-26-17(25)13-6-10-5-12(24-16(10)8-15(13)20)4-9-2-3-11(19)7-14(9)18(21,22)23/h2-3,5-8,24H,4H2,1H3. The number of nitrogens with one attached hydrogen (secondary N) is 1. The lowest BCUT2D eigenvalue weighted by Crippen LogP contribution is -2.09. The zero-order valence-electron chi connectivity index (χ0n) is 13.4. The largest absolute Gasteiger partial charge is 0.465 e. The number of H-pyrrole nitrogens is 1. The predicted molar refractivity (Wildman–Crippen MR) is 88.9 cm³/mol. The van der Waals surface area contributed by atoms with Crippen molar-refractivity contribution < 1.29 is 27.1 Å². The summed E-state index contributed by atoms with van der Waals surface area (Å²) in [7, 11) is 1.13. The number of methoxy groups -OCH3 is 1. The number of fused-ring (bicyclic) bond motifs is 1. The Morgan fingerprint density at radius 2 is 1.92 bits per heavy atom. The van der Waals surface area contributed by atoms with E-state index in [1.54, 1.807) is 6.07 Å². The fraction of sp³-hybridized carbons (Fsp3) is 0.167. The third-order valence-corrected chi connectivity index (χ3v) is 4.16. The maximum atomic E-state index is 14.0. The molecule has 0 aliphatic rings. The van der Waals surface area contributed by atoms with Gasteiger partial charge in [-0.2, -0.15) is 13.2 Å². The van der Waals surface area contributed by atoms with Crippen molar-refractivity contribution in [3.8, 4) is 0 Å². The Balaban J connectivity index is 2.02. The molecule has 3 rings (SSSR count). The molecule has 1 N–H and O–H groups in total. The maximum Gasteiger partial charge on any atom is 0.416 e. The van der Waals surface area contributed by atoms with E-state index in [-0.39, 0.29) is 22.6 Å². The summed E-state index contributed by atoms with van der Waals surface area (Å²) >= 11 is 5.68. The molecule has 0 spiro atoms. The number of halogens is 5. The molecule has 0 amide bonds. The number of carbonyl (C=O) groups is 1. The minimum absolute atomic E-state index is 0.0116. The Kier molecular flexibility index (Phi) is 4.66. The first-order valence-corrected chi connectivity index (χ1v) is 7.82. The molecule has 0 unspecified atom stereocenters. The number of alkyl halides is 3. The van der Waals surface area contributed by atoms with Crippen molar-refractivity contribution in [3.63, 3.8) is 0 Å². The maximum absolute atomic E-state index is 14.0. The molecular formula is C18H12ClF4NO2. The first-order valence-electron chi connectivity index (χ1n) is 7.44. The van der Waals surface area contributed by atoms with Gasteiger partial charge in [0.2, 0.25) is 0 Å². The second kappa shape index (κ2) is 6.64. The van der Waals surface area contributed by atoms with E-state index in [1.165, 1.54) is 18.2 Å². The van der Waals surface area contributed by atoms with E-state index in [0.717, 1.165) is 19.2 Å². The number of rotatable bonds is 3. The number of hydrogen-bond acceptors (Lipinski definition) is 2. The minimum Gasteiger partial charge on any atom is -0.465 e. The number of benzene rings is 2. The van der Waals surface area contributed by atoms with Gasteiger partial charge in [0, 0.05) is 28.0 Å². The van der Waals surface area contributed by atoms with Crippen molar-refractivity contribution in [3.05, 3.63) is 69.6 Å². The highest BCUT2D eigenvalue weighted by Crippen LogP contribution is 2.35. The van der Waals surface area contributed by atoms with Crippen LogP contribution in [-0.2, 0) is 17.3 Å². The Morgan fingerprint density at radius 1 is 1.19 bits per heavy atom. The molecule has 3 aromatic rings. The van der Waals surface area contributed by atoms with Crippen LogP contribution in [0.4, 0.5) is 17.6 Å². The number of carbonyl (C=O) groups excluding carboxylic acids is 1. The van der Waals surface area contributed by atoms with Crippen LogP contribution in [0.2, 0.25) is 5.02 Å². The molecule has 8 heteroatoms. The van der Waals surface area contributed by atoms with Crippen LogP contribution in [-0.4, -0.2) is 18.1 Å². The van der Waals surface area contributed by atoms with Crippen LogP contribution in [0.15, 0.2) is 36.4 Å². The van der Waals surface area contributed by atoms with Crippen molar-refractivity contribution in [1.82, 2.24) is 4.98 Å². The van der Waals surface area contributed by atoms with Gasteiger partial charge < -0.3 is 9.72 Å². The van der Waals surface area contributed by atoms with Crippen molar-refractivity contribution in [2.24, 2.45) is 0 Å². The highest BCUT2D eigenvalue weighted by molar-refractivity contribution is 6.30.